The van der Waals surface area contributed by atoms with Crippen LogP contribution in [0.5, 0.6) is 0 Å². The average molecular weight is 380 g/mol. The van der Waals surface area contributed by atoms with Gasteiger partial charge < -0.3 is 24.8 Å². The monoisotopic (exact) mass is 380 g/mol. The minimum atomic E-state index is -0.0173. The summed E-state index contributed by atoms with van der Waals surface area (Å²) in [5.74, 6) is 0.686. The minimum Gasteiger partial charge on any atom is -0.378 e. The highest BCUT2D eigenvalue weighted by molar-refractivity contribution is 5.83. The predicted molar refractivity (Wildman–Crippen MR) is 109 cm³/mol. The fourth-order valence-electron chi connectivity index (χ4n) is 3.32. The lowest BCUT2D eigenvalue weighted by molar-refractivity contribution is -0.121. The van der Waals surface area contributed by atoms with Crippen LogP contribution in [0.3, 0.4) is 0 Å². The standard InChI is InChI=1S/C20H24N6O2/c27-20(15-26-8-5-16-3-1-2-4-18(16)26)22-7-6-21-19-13-17(14-23-24-19)25-9-11-28-12-10-25/h1-5,8,13-14H,6-7,9-12,15H2,(H,21,24)(H,22,27). The molecule has 3 aromatic rings. The molecule has 1 saturated heterocycles. The summed E-state index contributed by atoms with van der Waals surface area (Å²) in [5.41, 5.74) is 2.09. The van der Waals surface area contributed by atoms with Crippen LogP contribution >= 0.6 is 0 Å². The second-order valence-corrected chi connectivity index (χ2v) is 6.68. The molecule has 8 nitrogen and oxygen atoms in total. The first-order valence-electron chi connectivity index (χ1n) is 9.49. The van der Waals surface area contributed by atoms with Gasteiger partial charge >= 0.3 is 0 Å². The van der Waals surface area contributed by atoms with Crippen molar-refractivity contribution in [1.82, 2.24) is 20.1 Å². The van der Waals surface area contributed by atoms with Gasteiger partial charge in [0.25, 0.3) is 0 Å². The summed E-state index contributed by atoms with van der Waals surface area (Å²) in [5, 5.41) is 15.5. The Kier molecular flexibility index (Phi) is 5.67. The molecule has 4 rings (SSSR count). The van der Waals surface area contributed by atoms with Crippen molar-refractivity contribution in [2.75, 3.05) is 49.6 Å². The van der Waals surface area contributed by atoms with Crippen LogP contribution in [0.1, 0.15) is 0 Å². The highest BCUT2D eigenvalue weighted by Gasteiger charge is 2.12. The lowest BCUT2D eigenvalue weighted by Crippen LogP contribution is -2.36. The number of carbonyl (C=O) groups excluding carboxylic acids is 1. The van der Waals surface area contributed by atoms with Crippen LogP contribution in [-0.2, 0) is 16.1 Å². The fourth-order valence-corrected chi connectivity index (χ4v) is 3.32. The predicted octanol–water partition coefficient (Wildman–Crippen LogP) is 1.50. The van der Waals surface area contributed by atoms with Crippen molar-refractivity contribution in [3.05, 3.63) is 48.8 Å². The zero-order valence-electron chi connectivity index (χ0n) is 15.7. The summed E-state index contributed by atoms with van der Waals surface area (Å²) >= 11 is 0. The molecule has 1 aliphatic heterocycles. The van der Waals surface area contributed by atoms with E-state index in [0.717, 1.165) is 42.9 Å². The number of carbonyl (C=O) groups is 1. The smallest absolute Gasteiger partial charge is 0.240 e. The maximum absolute atomic E-state index is 12.2. The van der Waals surface area contributed by atoms with E-state index in [4.69, 9.17) is 4.74 Å². The number of para-hydroxylation sites is 1. The van der Waals surface area contributed by atoms with Crippen molar-refractivity contribution in [2.45, 2.75) is 6.54 Å². The molecule has 0 saturated carbocycles. The average Bonchev–Trinajstić information content (AvgIpc) is 3.15. The van der Waals surface area contributed by atoms with Gasteiger partial charge in [-0.25, -0.2) is 0 Å². The number of benzene rings is 1. The van der Waals surface area contributed by atoms with E-state index in [2.05, 4.69) is 25.7 Å². The van der Waals surface area contributed by atoms with Crippen molar-refractivity contribution in [1.29, 1.82) is 0 Å². The molecular weight excluding hydrogens is 356 g/mol. The summed E-state index contributed by atoms with van der Waals surface area (Å²) < 4.78 is 7.33. The van der Waals surface area contributed by atoms with Gasteiger partial charge in [0.15, 0.2) is 5.82 Å². The maximum atomic E-state index is 12.2. The van der Waals surface area contributed by atoms with Gasteiger partial charge in [-0.2, -0.15) is 5.10 Å². The van der Waals surface area contributed by atoms with Crippen LogP contribution in [0.2, 0.25) is 0 Å². The van der Waals surface area contributed by atoms with Gasteiger partial charge in [-0.1, -0.05) is 18.2 Å². The lowest BCUT2D eigenvalue weighted by Gasteiger charge is -2.28. The van der Waals surface area contributed by atoms with E-state index >= 15 is 0 Å². The minimum absolute atomic E-state index is 0.0173. The van der Waals surface area contributed by atoms with Gasteiger partial charge in [-0.05, 0) is 17.5 Å². The highest BCUT2D eigenvalue weighted by Crippen LogP contribution is 2.17. The Labute approximate surface area is 163 Å². The molecule has 0 aliphatic carbocycles. The number of nitrogens with one attached hydrogen (secondary N) is 2. The van der Waals surface area contributed by atoms with Gasteiger partial charge in [0, 0.05) is 44.0 Å². The number of ether oxygens (including phenoxy) is 1. The Morgan fingerprint density at radius 1 is 1.14 bits per heavy atom. The molecule has 0 spiro atoms. The summed E-state index contributed by atoms with van der Waals surface area (Å²) in [7, 11) is 0. The van der Waals surface area contributed by atoms with E-state index in [1.807, 2.05) is 47.2 Å². The molecule has 1 amide bonds. The second kappa shape index (κ2) is 8.71. The Morgan fingerprint density at radius 3 is 2.89 bits per heavy atom. The topological polar surface area (TPSA) is 84.3 Å². The van der Waals surface area contributed by atoms with Gasteiger partial charge in [-0.15, -0.1) is 5.10 Å². The summed E-state index contributed by atoms with van der Waals surface area (Å²) in [6.07, 6.45) is 3.70. The number of morpholine rings is 1. The second-order valence-electron chi connectivity index (χ2n) is 6.68. The van der Waals surface area contributed by atoms with Gasteiger partial charge in [0.1, 0.15) is 6.54 Å². The molecule has 1 fully saturated rings. The Hall–Kier alpha value is -3.13. The number of hydrogen-bond donors (Lipinski definition) is 2. The fraction of sp³-hybridized carbons (Fsp3) is 0.350. The number of rotatable bonds is 7. The molecule has 0 atom stereocenters. The summed E-state index contributed by atoms with van der Waals surface area (Å²) in [6, 6.07) is 12.0. The van der Waals surface area contributed by atoms with Crippen LogP contribution < -0.4 is 15.5 Å². The van der Waals surface area contributed by atoms with Crippen LogP contribution in [0.15, 0.2) is 48.8 Å². The van der Waals surface area contributed by atoms with Crippen LogP contribution in [-0.4, -0.2) is 60.1 Å². The third-order valence-corrected chi connectivity index (χ3v) is 4.76. The normalized spacial score (nSPS) is 14.2. The van der Waals surface area contributed by atoms with E-state index in [1.165, 1.54) is 0 Å². The SMILES string of the molecule is O=C(Cn1ccc2ccccc21)NCCNc1cc(N2CCOCC2)cnn1. The van der Waals surface area contributed by atoms with Crippen molar-refractivity contribution < 1.29 is 9.53 Å². The Morgan fingerprint density at radius 2 is 2.00 bits per heavy atom. The quantitative estimate of drug-likeness (QED) is 0.605. The molecule has 0 unspecified atom stereocenters. The Balaban J connectivity index is 1.24. The van der Waals surface area contributed by atoms with Gasteiger partial charge in [0.2, 0.25) is 5.91 Å². The van der Waals surface area contributed by atoms with Crippen molar-refractivity contribution in [3.8, 4) is 0 Å². The lowest BCUT2D eigenvalue weighted by atomic mass is 10.2. The van der Waals surface area contributed by atoms with E-state index in [9.17, 15) is 4.79 Å². The number of aromatic nitrogens is 3. The molecule has 28 heavy (non-hydrogen) atoms. The molecule has 2 N–H and O–H groups in total. The molecule has 8 heteroatoms. The zero-order chi connectivity index (χ0) is 19.2. The molecule has 3 heterocycles. The zero-order valence-corrected chi connectivity index (χ0v) is 15.7. The number of fused-ring (bicyclic) bond motifs is 1. The van der Waals surface area contributed by atoms with E-state index in [-0.39, 0.29) is 5.91 Å². The Bertz CT molecular complexity index is 935. The highest BCUT2D eigenvalue weighted by atomic mass is 16.5. The third kappa shape index (κ3) is 4.40. The third-order valence-electron chi connectivity index (χ3n) is 4.76. The van der Waals surface area contributed by atoms with E-state index in [0.29, 0.717) is 25.5 Å². The van der Waals surface area contributed by atoms with E-state index in [1.54, 1.807) is 6.20 Å². The molecule has 0 bridgehead atoms. The van der Waals surface area contributed by atoms with Crippen LogP contribution in [0.25, 0.3) is 10.9 Å². The number of nitrogens with zero attached hydrogens (tertiary/aromatic N) is 4. The van der Waals surface area contributed by atoms with Crippen LogP contribution in [0, 0.1) is 0 Å². The molecule has 1 aromatic carbocycles. The number of anilines is 2. The maximum Gasteiger partial charge on any atom is 0.240 e. The summed E-state index contributed by atoms with van der Waals surface area (Å²) in [4.78, 5) is 14.4. The van der Waals surface area contributed by atoms with Gasteiger partial charge in [0.05, 0.1) is 25.1 Å². The first-order valence-corrected chi connectivity index (χ1v) is 9.49. The largest absolute Gasteiger partial charge is 0.378 e. The summed E-state index contributed by atoms with van der Waals surface area (Å²) in [6.45, 7) is 4.58. The van der Waals surface area contributed by atoms with Gasteiger partial charge in [-0.3, -0.25) is 4.79 Å². The number of amides is 1. The van der Waals surface area contributed by atoms with E-state index < -0.39 is 0 Å². The molecular formula is C20H24N6O2. The van der Waals surface area contributed by atoms with Crippen molar-refractivity contribution in [2.24, 2.45) is 0 Å². The van der Waals surface area contributed by atoms with Crippen molar-refractivity contribution >= 4 is 28.3 Å². The first kappa shape index (κ1) is 18.2. The molecule has 0 radical (unpaired) electrons. The van der Waals surface area contributed by atoms with Crippen molar-refractivity contribution in [3.63, 3.8) is 0 Å². The number of hydrogen-bond acceptors (Lipinski definition) is 6. The molecule has 1 aliphatic rings. The first-order chi connectivity index (χ1) is 13.8. The molecule has 2 aromatic heterocycles. The molecule has 146 valence electrons. The van der Waals surface area contributed by atoms with Crippen LogP contribution in [0.4, 0.5) is 11.5 Å².